The quantitative estimate of drug-likeness (QED) is 0.881. The van der Waals surface area contributed by atoms with E-state index in [4.69, 9.17) is 5.11 Å². The molecule has 1 aromatic carbocycles. The molecule has 14 heavy (non-hydrogen) atoms. The first kappa shape index (κ1) is 9.71. The van der Waals surface area contributed by atoms with Crippen LogP contribution in [0.2, 0.25) is 0 Å². The van der Waals surface area contributed by atoms with E-state index in [1.807, 2.05) is 31.2 Å². The van der Waals surface area contributed by atoms with Gasteiger partial charge >= 0.3 is 5.97 Å². The highest BCUT2D eigenvalue weighted by atomic mass is 79.9. The fourth-order valence-corrected chi connectivity index (χ4v) is 2.05. The van der Waals surface area contributed by atoms with Crippen LogP contribution in [0.25, 0.3) is 0 Å². The van der Waals surface area contributed by atoms with Crippen molar-refractivity contribution in [2.45, 2.75) is 19.3 Å². The Hall–Kier alpha value is -0.830. The van der Waals surface area contributed by atoms with Crippen molar-refractivity contribution < 1.29 is 9.90 Å². The predicted octanol–water partition coefficient (Wildman–Crippen LogP) is 3.03. The second-order valence-electron chi connectivity index (χ2n) is 4.03. The lowest BCUT2D eigenvalue weighted by molar-refractivity contribution is -0.142. The summed E-state index contributed by atoms with van der Waals surface area (Å²) in [5.74, 6) is -0.501. The maximum atomic E-state index is 10.9. The lowest BCUT2D eigenvalue weighted by Crippen LogP contribution is -2.12. The molecule has 0 aromatic heterocycles. The third-order valence-corrected chi connectivity index (χ3v) is 3.53. The number of hydrogen-bond donors (Lipinski definition) is 1. The van der Waals surface area contributed by atoms with Gasteiger partial charge in [-0.25, -0.2) is 0 Å². The van der Waals surface area contributed by atoms with E-state index in [9.17, 15) is 4.79 Å². The van der Waals surface area contributed by atoms with Gasteiger partial charge in [0.25, 0.3) is 0 Å². The Kier molecular flexibility index (Phi) is 2.14. The Morgan fingerprint density at radius 2 is 2.07 bits per heavy atom. The van der Waals surface area contributed by atoms with Crippen molar-refractivity contribution in [2.75, 3.05) is 0 Å². The molecule has 1 aliphatic rings. The Labute approximate surface area is 91.1 Å². The van der Waals surface area contributed by atoms with Crippen molar-refractivity contribution in [3.05, 3.63) is 34.3 Å². The summed E-state index contributed by atoms with van der Waals surface area (Å²) in [6, 6.07) is 7.89. The van der Waals surface area contributed by atoms with E-state index in [1.165, 1.54) is 0 Å². The molecule has 3 heteroatoms. The van der Waals surface area contributed by atoms with Crippen LogP contribution in [0.5, 0.6) is 0 Å². The molecule has 0 heterocycles. The topological polar surface area (TPSA) is 37.3 Å². The van der Waals surface area contributed by atoms with E-state index >= 15 is 0 Å². The van der Waals surface area contributed by atoms with Crippen molar-refractivity contribution in [1.29, 1.82) is 0 Å². The predicted molar refractivity (Wildman–Crippen MR) is 57.2 cm³/mol. The minimum absolute atomic E-state index is 0.188. The monoisotopic (exact) mass is 254 g/mol. The zero-order valence-electron chi connectivity index (χ0n) is 7.83. The number of hydrogen-bond acceptors (Lipinski definition) is 1. The average molecular weight is 255 g/mol. The molecule has 2 unspecified atom stereocenters. The summed E-state index contributed by atoms with van der Waals surface area (Å²) in [6.45, 7) is 1.81. The van der Waals surface area contributed by atoms with Gasteiger partial charge in [0.2, 0.25) is 0 Å². The van der Waals surface area contributed by atoms with Gasteiger partial charge in [0.05, 0.1) is 5.41 Å². The molecule has 1 aliphatic carbocycles. The smallest absolute Gasteiger partial charge is 0.309 e. The molecule has 0 saturated heterocycles. The summed E-state index contributed by atoms with van der Waals surface area (Å²) in [4.78, 5) is 10.9. The molecular formula is C11H11BrO2. The van der Waals surface area contributed by atoms with Crippen molar-refractivity contribution in [1.82, 2.24) is 0 Å². The van der Waals surface area contributed by atoms with Crippen LogP contribution in [0.15, 0.2) is 28.7 Å². The van der Waals surface area contributed by atoms with Gasteiger partial charge in [0, 0.05) is 10.4 Å². The van der Waals surface area contributed by atoms with Crippen LogP contribution >= 0.6 is 15.9 Å². The third kappa shape index (κ3) is 1.46. The summed E-state index contributed by atoms with van der Waals surface area (Å²) in [6.07, 6.45) is 0.754. The molecule has 2 atom stereocenters. The molecule has 1 fully saturated rings. The largest absolute Gasteiger partial charge is 0.481 e. The van der Waals surface area contributed by atoms with Crippen molar-refractivity contribution >= 4 is 21.9 Å². The molecule has 1 saturated carbocycles. The highest BCUT2D eigenvalue weighted by Gasteiger charge is 2.56. The molecule has 0 aliphatic heterocycles. The molecule has 1 N–H and O–H groups in total. The van der Waals surface area contributed by atoms with Crippen LogP contribution < -0.4 is 0 Å². The number of aliphatic carboxylic acids is 1. The Bertz CT molecular complexity index is 371. The van der Waals surface area contributed by atoms with Crippen LogP contribution in [0.1, 0.15) is 24.8 Å². The molecular weight excluding hydrogens is 244 g/mol. The van der Waals surface area contributed by atoms with Gasteiger partial charge in [-0.1, -0.05) is 28.1 Å². The molecule has 2 nitrogen and oxygen atoms in total. The van der Waals surface area contributed by atoms with Crippen LogP contribution in [-0.4, -0.2) is 11.1 Å². The summed E-state index contributed by atoms with van der Waals surface area (Å²) in [7, 11) is 0. The molecule has 0 bridgehead atoms. The zero-order valence-corrected chi connectivity index (χ0v) is 9.41. The lowest BCUT2D eigenvalue weighted by atomic mass is 10.0. The highest BCUT2D eigenvalue weighted by Crippen LogP contribution is 2.59. The third-order valence-electron chi connectivity index (χ3n) is 3.00. The molecule has 0 amide bonds. The van der Waals surface area contributed by atoms with E-state index < -0.39 is 11.4 Å². The van der Waals surface area contributed by atoms with E-state index in [0.717, 1.165) is 16.5 Å². The molecule has 1 aromatic rings. The Morgan fingerprint density at radius 1 is 1.50 bits per heavy atom. The summed E-state index contributed by atoms with van der Waals surface area (Å²) >= 11 is 3.36. The average Bonchev–Trinajstić information content (AvgIpc) is 2.81. The zero-order chi connectivity index (χ0) is 10.3. The fraction of sp³-hybridized carbons (Fsp3) is 0.364. The Balaban J connectivity index is 2.21. The molecule has 2 rings (SSSR count). The minimum Gasteiger partial charge on any atom is -0.481 e. The van der Waals surface area contributed by atoms with E-state index in [-0.39, 0.29) is 5.92 Å². The van der Waals surface area contributed by atoms with Gasteiger partial charge in [-0.3, -0.25) is 4.79 Å². The van der Waals surface area contributed by atoms with Gasteiger partial charge in [0.15, 0.2) is 0 Å². The number of carbonyl (C=O) groups is 1. The van der Waals surface area contributed by atoms with Crippen LogP contribution in [0.3, 0.4) is 0 Å². The first-order valence-corrected chi connectivity index (χ1v) is 5.32. The number of halogens is 1. The number of benzene rings is 1. The van der Waals surface area contributed by atoms with E-state index in [2.05, 4.69) is 15.9 Å². The van der Waals surface area contributed by atoms with E-state index in [0.29, 0.717) is 0 Å². The number of carboxylic acids is 1. The standard InChI is InChI=1S/C11H11BrO2/c1-11(10(13)14)6-9(11)7-2-4-8(12)5-3-7/h2-5,9H,6H2,1H3,(H,13,14). The maximum absolute atomic E-state index is 10.9. The SMILES string of the molecule is CC1(C(=O)O)CC1c1ccc(Br)cc1. The second-order valence-corrected chi connectivity index (χ2v) is 4.95. The fourth-order valence-electron chi connectivity index (χ4n) is 1.78. The Morgan fingerprint density at radius 3 is 2.50 bits per heavy atom. The molecule has 0 spiro atoms. The molecule has 0 radical (unpaired) electrons. The first-order chi connectivity index (χ1) is 6.54. The van der Waals surface area contributed by atoms with Crippen molar-refractivity contribution in [3.63, 3.8) is 0 Å². The first-order valence-electron chi connectivity index (χ1n) is 4.53. The van der Waals surface area contributed by atoms with Crippen molar-refractivity contribution in [3.8, 4) is 0 Å². The maximum Gasteiger partial charge on any atom is 0.309 e. The van der Waals surface area contributed by atoms with Gasteiger partial charge in [-0.15, -0.1) is 0 Å². The van der Waals surface area contributed by atoms with Gasteiger partial charge in [-0.05, 0) is 31.0 Å². The number of rotatable bonds is 2. The van der Waals surface area contributed by atoms with Crippen LogP contribution in [-0.2, 0) is 4.79 Å². The van der Waals surface area contributed by atoms with Gasteiger partial charge in [-0.2, -0.15) is 0 Å². The second kappa shape index (κ2) is 3.09. The normalized spacial score (nSPS) is 30.0. The minimum atomic E-state index is -0.689. The van der Waals surface area contributed by atoms with Crippen LogP contribution in [0.4, 0.5) is 0 Å². The van der Waals surface area contributed by atoms with Gasteiger partial charge in [0.1, 0.15) is 0 Å². The van der Waals surface area contributed by atoms with E-state index in [1.54, 1.807) is 0 Å². The summed E-state index contributed by atoms with van der Waals surface area (Å²) < 4.78 is 1.03. The van der Waals surface area contributed by atoms with Gasteiger partial charge < -0.3 is 5.11 Å². The summed E-state index contributed by atoms with van der Waals surface area (Å²) in [5.41, 5.74) is 0.589. The highest BCUT2D eigenvalue weighted by molar-refractivity contribution is 9.10. The van der Waals surface area contributed by atoms with Crippen LogP contribution in [0, 0.1) is 5.41 Å². The molecule has 74 valence electrons. The lowest BCUT2D eigenvalue weighted by Gasteiger charge is -2.04. The van der Waals surface area contributed by atoms with Crippen molar-refractivity contribution in [2.24, 2.45) is 5.41 Å². The summed E-state index contributed by atoms with van der Waals surface area (Å²) in [5, 5.41) is 8.99. The number of carboxylic acid groups (broad SMARTS) is 1.